The average Bonchev–Trinajstić information content (AvgIpc) is 2.53. The minimum atomic E-state index is -0.240. The Balaban J connectivity index is 1.84. The lowest BCUT2D eigenvalue weighted by atomic mass is 9.94. The number of para-hydroxylation sites is 1. The summed E-state index contributed by atoms with van der Waals surface area (Å²) in [5, 5.41) is 1.15. The van der Waals surface area contributed by atoms with Gasteiger partial charge in [0, 0.05) is 43.7 Å². The summed E-state index contributed by atoms with van der Waals surface area (Å²) in [6.45, 7) is 4.59. The molecule has 1 aromatic heterocycles. The molecule has 0 spiro atoms. The van der Waals surface area contributed by atoms with Crippen LogP contribution in [0.25, 0.3) is 10.9 Å². The predicted octanol–water partition coefficient (Wildman–Crippen LogP) is 2.57. The molecule has 1 fully saturated rings. The van der Waals surface area contributed by atoms with Gasteiger partial charge in [-0.2, -0.15) is 0 Å². The van der Waals surface area contributed by atoms with E-state index < -0.39 is 0 Å². The minimum Gasteiger partial charge on any atom is -0.381 e. The maximum absolute atomic E-state index is 6.24. The zero-order chi connectivity index (χ0) is 14.7. The van der Waals surface area contributed by atoms with Crippen LogP contribution >= 0.6 is 0 Å². The van der Waals surface area contributed by atoms with Crippen molar-refractivity contribution >= 4 is 10.9 Å². The van der Waals surface area contributed by atoms with Gasteiger partial charge in [0.25, 0.3) is 0 Å². The van der Waals surface area contributed by atoms with E-state index in [-0.39, 0.29) is 5.60 Å². The van der Waals surface area contributed by atoms with E-state index in [1.165, 1.54) is 5.56 Å². The van der Waals surface area contributed by atoms with Crippen molar-refractivity contribution in [2.75, 3.05) is 19.8 Å². The number of aromatic nitrogens is 1. The average molecular weight is 286 g/mol. The third-order valence-corrected chi connectivity index (χ3v) is 4.24. The van der Waals surface area contributed by atoms with E-state index in [4.69, 9.17) is 15.2 Å². The molecule has 0 aliphatic carbocycles. The molecule has 3 rings (SSSR count). The topological polar surface area (TPSA) is 57.4 Å². The molecule has 0 unspecified atom stereocenters. The van der Waals surface area contributed by atoms with Gasteiger partial charge in [0.05, 0.1) is 17.7 Å². The second-order valence-corrected chi connectivity index (χ2v) is 5.73. The highest BCUT2D eigenvalue weighted by Crippen LogP contribution is 2.27. The lowest BCUT2D eigenvalue weighted by molar-refractivity contribution is -0.112. The van der Waals surface area contributed by atoms with Crippen LogP contribution in [-0.2, 0) is 16.1 Å². The second kappa shape index (κ2) is 6.10. The Hall–Kier alpha value is -1.49. The molecule has 0 atom stereocenters. The number of nitrogens with zero attached hydrogens (tertiary/aromatic N) is 1. The molecule has 1 aliphatic heterocycles. The van der Waals surface area contributed by atoms with Gasteiger partial charge in [-0.3, -0.25) is 4.98 Å². The molecular weight excluding hydrogens is 264 g/mol. The van der Waals surface area contributed by atoms with Gasteiger partial charge >= 0.3 is 0 Å². The van der Waals surface area contributed by atoms with Crippen LogP contribution in [0.4, 0.5) is 0 Å². The highest BCUT2D eigenvalue weighted by atomic mass is 16.5. The minimum absolute atomic E-state index is 0.240. The smallest absolute Gasteiger partial charge is 0.0852 e. The normalized spacial score (nSPS) is 18.0. The number of rotatable bonds is 4. The van der Waals surface area contributed by atoms with Crippen molar-refractivity contribution in [1.29, 1.82) is 0 Å². The first-order chi connectivity index (χ1) is 10.2. The monoisotopic (exact) mass is 286 g/mol. The fraction of sp³-hybridized carbons (Fsp3) is 0.471. The van der Waals surface area contributed by atoms with Gasteiger partial charge in [-0.25, -0.2) is 0 Å². The van der Waals surface area contributed by atoms with Crippen LogP contribution < -0.4 is 5.73 Å². The van der Waals surface area contributed by atoms with Crippen LogP contribution in [0.1, 0.15) is 24.1 Å². The van der Waals surface area contributed by atoms with Gasteiger partial charge in [0.2, 0.25) is 0 Å². The number of aryl methyl sites for hydroxylation is 1. The number of hydrogen-bond donors (Lipinski definition) is 1. The van der Waals surface area contributed by atoms with Crippen molar-refractivity contribution in [3.63, 3.8) is 0 Å². The van der Waals surface area contributed by atoms with Crippen LogP contribution in [0.2, 0.25) is 0 Å². The molecular formula is C17H22N2O2. The molecule has 2 N–H and O–H groups in total. The summed E-state index contributed by atoms with van der Waals surface area (Å²) in [5.74, 6) is 0. The van der Waals surface area contributed by atoms with E-state index in [1.54, 1.807) is 0 Å². The zero-order valence-corrected chi connectivity index (χ0v) is 12.5. The quantitative estimate of drug-likeness (QED) is 0.938. The molecule has 2 heterocycles. The van der Waals surface area contributed by atoms with Crippen molar-refractivity contribution in [3.05, 3.63) is 41.6 Å². The molecule has 1 saturated heterocycles. The van der Waals surface area contributed by atoms with Crippen molar-refractivity contribution in [1.82, 2.24) is 4.98 Å². The number of hydrogen-bond acceptors (Lipinski definition) is 4. The molecule has 1 aliphatic rings. The van der Waals surface area contributed by atoms with Gasteiger partial charge in [0.15, 0.2) is 0 Å². The fourth-order valence-corrected chi connectivity index (χ4v) is 2.90. The van der Waals surface area contributed by atoms with Crippen LogP contribution in [0.15, 0.2) is 30.3 Å². The molecule has 0 bridgehead atoms. The molecule has 1 aromatic carbocycles. The molecule has 0 saturated carbocycles. The Kier molecular flexibility index (Phi) is 4.19. The number of ether oxygens (including phenoxy) is 2. The molecule has 21 heavy (non-hydrogen) atoms. The van der Waals surface area contributed by atoms with E-state index in [1.807, 2.05) is 25.1 Å². The number of pyridine rings is 1. The highest BCUT2D eigenvalue weighted by Gasteiger charge is 2.32. The largest absolute Gasteiger partial charge is 0.381 e. The lowest BCUT2D eigenvalue weighted by Crippen LogP contribution is -2.45. The lowest BCUT2D eigenvalue weighted by Gasteiger charge is -2.36. The molecule has 112 valence electrons. The number of benzene rings is 1. The molecule has 2 aromatic rings. The first-order valence-electron chi connectivity index (χ1n) is 7.49. The highest BCUT2D eigenvalue weighted by molar-refractivity contribution is 5.82. The zero-order valence-electron chi connectivity index (χ0n) is 12.5. The number of nitrogens with two attached hydrogens (primary N) is 1. The van der Waals surface area contributed by atoms with E-state index in [0.29, 0.717) is 13.2 Å². The van der Waals surface area contributed by atoms with Crippen LogP contribution in [0.3, 0.4) is 0 Å². The van der Waals surface area contributed by atoms with Gasteiger partial charge in [-0.05, 0) is 24.6 Å². The second-order valence-electron chi connectivity index (χ2n) is 5.73. The van der Waals surface area contributed by atoms with Crippen molar-refractivity contribution in [2.24, 2.45) is 5.73 Å². The summed E-state index contributed by atoms with van der Waals surface area (Å²) < 4.78 is 11.7. The van der Waals surface area contributed by atoms with Crippen molar-refractivity contribution in [3.8, 4) is 0 Å². The third kappa shape index (κ3) is 3.07. The summed E-state index contributed by atoms with van der Waals surface area (Å²) in [6, 6.07) is 10.3. The van der Waals surface area contributed by atoms with Gasteiger partial charge in [-0.1, -0.05) is 18.2 Å². The number of fused-ring (bicyclic) bond motifs is 1. The third-order valence-electron chi connectivity index (χ3n) is 4.24. The molecule has 4 heteroatoms. The molecule has 4 nitrogen and oxygen atoms in total. The Morgan fingerprint density at radius 1 is 1.29 bits per heavy atom. The van der Waals surface area contributed by atoms with Crippen molar-refractivity contribution in [2.45, 2.75) is 32.0 Å². The molecule has 0 radical (unpaired) electrons. The SMILES string of the molecule is Cc1cc(COC2(CN)CCOCC2)c2ccccc2n1. The van der Waals surface area contributed by atoms with Gasteiger partial charge < -0.3 is 15.2 Å². The van der Waals surface area contributed by atoms with Crippen LogP contribution in [0, 0.1) is 6.92 Å². The first kappa shape index (κ1) is 14.4. The van der Waals surface area contributed by atoms with Gasteiger partial charge in [-0.15, -0.1) is 0 Å². The van der Waals surface area contributed by atoms with Gasteiger partial charge in [0.1, 0.15) is 0 Å². The summed E-state index contributed by atoms with van der Waals surface area (Å²) in [5.41, 5.74) is 8.92. The maximum Gasteiger partial charge on any atom is 0.0852 e. The van der Waals surface area contributed by atoms with E-state index >= 15 is 0 Å². The Labute approximate surface area is 125 Å². The Morgan fingerprint density at radius 3 is 2.81 bits per heavy atom. The van der Waals surface area contributed by atoms with E-state index in [9.17, 15) is 0 Å². The first-order valence-corrected chi connectivity index (χ1v) is 7.49. The maximum atomic E-state index is 6.24. The standard InChI is InChI=1S/C17H22N2O2/c1-13-10-14(15-4-2-3-5-16(15)19-13)11-21-17(12-18)6-8-20-9-7-17/h2-5,10H,6-9,11-12,18H2,1H3. The van der Waals surface area contributed by atoms with Crippen molar-refractivity contribution < 1.29 is 9.47 Å². The summed E-state index contributed by atoms with van der Waals surface area (Å²) in [6.07, 6.45) is 1.73. The fourth-order valence-electron chi connectivity index (χ4n) is 2.90. The summed E-state index contributed by atoms with van der Waals surface area (Å²) in [4.78, 5) is 4.57. The Morgan fingerprint density at radius 2 is 2.05 bits per heavy atom. The molecule has 0 amide bonds. The summed E-state index contributed by atoms with van der Waals surface area (Å²) >= 11 is 0. The van der Waals surface area contributed by atoms with Crippen LogP contribution in [0.5, 0.6) is 0 Å². The Bertz CT molecular complexity index is 621. The predicted molar refractivity (Wildman–Crippen MR) is 83.1 cm³/mol. The summed E-state index contributed by atoms with van der Waals surface area (Å²) in [7, 11) is 0. The van der Waals surface area contributed by atoms with E-state index in [0.717, 1.165) is 42.7 Å². The van der Waals surface area contributed by atoms with E-state index in [2.05, 4.69) is 17.1 Å². The van der Waals surface area contributed by atoms with Crippen LogP contribution in [-0.4, -0.2) is 30.3 Å².